The molecule has 6 atom stereocenters. The molecule has 0 aliphatic carbocycles. The van der Waals surface area contributed by atoms with Crippen molar-refractivity contribution in [3.63, 3.8) is 0 Å². The average molecular weight is 539 g/mol. The van der Waals surface area contributed by atoms with Crippen LogP contribution in [0.25, 0.3) is 0 Å². The number of cyclic esters (lactones) is 1. The molecule has 4 heterocycles. The van der Waals surface area contributed by atoms with Gasteiger partial charge in [0.1, 0.15) is 6.04 Å². The minimum Gasteiger partial charge on any atom is -0.465 e. The molecule has 1 aromatic rings. The number of likely N-dealkylation sites (tertiary alicyclic amines) is 1. The highest BCUT2D eigenvalue weighted by Crippen LogP contribution is 2.65. The number of thioether (sulfide) groups is 1. The Morgan fingerprint density at radius 3 is 2.63 bits per heavy atom. The number of amides is 2. The van der Waals surface area contributed by atoms with Gasteiger partial charge in [-0.2, -0.15) is 0 Å². The predicted octanol–water partition coefficient (Wildman–Crippen LogP) is 3.95. The first kappa shape index (κ1) is 27.0. The van der Waals surface area contributed by atoms with Crippen LogP contribution < -0.4 is 4.90 Å². The fraction of sp³-hybridized carbons (Fsp3) is 0.567. The number of nitrogens with zero attached hydrogens (tertiary/aromatic N) is 2. The summed E-state index contributed by atoms with van der Waals surface area (Å²) >= 11 is 1.54. The van der Waals surface area contributed by atoms with Crippen LogP contribution in [0.3, 0.4) is 0 Å². The number of ether oxygens (including phenoxy) is 1. The Kier molecular flexibility index (Phi) is 7.24. The number of aliphatic hydroxyl groups excluding tert-OH is 1. The van der Waals surface area contributed by atoms with Crippen LogP contribution >= 0.6 is 11.8 Å². The number of hydrogen-bond donors (Lipinski definition) is 1. The summed E-state index contributed by atoms with van der Waals surface area (Å²) in [6.07, 6.45) is 11.2. The van der Waals surface area contributed by atoms with E-state index in [2.05, 4.69) is 12.2 Å². The van der Waals surface area contributed by atoms with Crippen molar-refractivity contribution in [3.05, 3.63) is 53.6 Å². The molecule has 1 spiro atoms. The molecule has 1 unspecified atom stereocenters. The maximum Gasteiger partial charge on any atom is 0.311 e. The zero-order valence-corrected chi connectivity index (χ0v) is 23.5. The summed E-state index contributed by atoms with van der Waals surface area (Å²) < 4.78 is 4.06. The number of esters is 1. The third-order valence-electron chi connectivity index (χ3n) is 8.67. The molecular formula is C30H38N2O5S. The molecule has 0 aromatic heterocycles. The highest BCUT2D eigenvalue weighted by atomic mass is 32.2. The molecule has 2 amide bonds. The fourth-order valence-electron chi connectivity index (χ4n) is 6.77. The van der Waals surface area contributed by atoms with Crippen LogP contribution in [0.1, 0.15) is 50.7 Å². The molecule has 1 N–H and O–H groups in total. The Morgan fingerprint density at radius 2 is 1.89 bits per heavy atom. The minimum atomic E-state index is -0.958. The van der Waals surface area contributed by atoms with E-state index in [4.69, 9.17) is 4.74 Å². The molecule has 2 fully saturated rings. The summed E-state index contributed by atoms with van der Waals surface area (Å²) in [4.78, 5) is 46.0. The van der Waals surface area contributed by atoms with E-state index in [1.807, 2.05) is 58.0 Å². The van der Waals surface area contributed by atoms with Gasteiger partial charge in [-0.05, 0) is 63.6 Å². The summed E-state index contributed by atoms with van der Waals surface area (Å²) in [5, 5.41) is 10.3. The summed E-state index contributed by atoms with van der Waals surface area (Å²) in [5.41, 5.74) is 2.83. The molecule has 38 heavy (non-hydrogen) atoms. The molecule has 2 saturated heterocycles. The molecule has 0 radical (unpaired) electrons. The molecule has 8 heteroatoms. The van der Waals surface area contributed by atoms with Crippen molar-refractivity contribution >= 4 is 35.2 Å². The Morgan fingerprint density at radius 1 is 1.11 bits per heavy atom. The van der Waals surface area contributed by atoms with Gasteiger partial charge in [0.05, 0.1) is 35.8 Å². The topological polar surface area (TPSA) is 87.2 Å². The maximum atomic E-state index is 14.6. The second-order valence-electron chi connectivity index (χ2n) is 11.2. The molecule has 0 bridgehead atoms. The normalized spacial score (nSPS) is 34.8. The third kappa shape index (κ3) is 4.11. The van der Waals surface area contributed by atoms with Gasteiger partial charge < -0.3 is 19.6 Å². The predicted molar refractivity (Wildman–Crippen MR) is 149 cm³/mol. The van der Waals surface area contributed by atoms with E-state index in [0.717, 1.165) is 36.1 Å². The van der Waals surface area contributed by atoms with Gasteiger partial charge in [0.15, 0.2) is 0 Å². The first-order valence-corrected chi connectivity index (χ1v) is 14.5. The van der Waals surface area contributed by atoms with Crippen molar-refractivity contribution in [3.8, 4) is 0 Å². The largest absolute Gasteiger partial charge is 0.465 e. The lowest BCUT2D eigenvalue weighted by Gasteiger charge is -2.39. The van der Waals surface area contributed by atoms with Crippen LogP contribution in [-0.4, -0.2) is 69.1 Å². The first-order valence-electron chi connectivity index (χ1n) is 13.7. The third-order valence-corrected chi connectivity index (χ3v) is 10.5. The standard InChI is InChI=1S/C30H38N2O5S/c1-5-21(18-33)32-25-27(35)31(22-17-19(2)11-12-20(22)3)15-10-14-30(25)23(26(32)34)24-28(36)37-16-9-7-6-8-13-29(24,4)38-30/h8,10-14,17,21,23-25,33H,5-7,9,15-16,18H2,1-4H3/b13-8-/t21-,23-,24+,25?,29-,30-/m0/s1. The number of benzene rings is 1. The highest BCUT2D eigenvalue weighted by molar-refractivity contribution is 8.02. The maximum absolute atomic E-state index is 14.6. The van der Waals surface area contributed by atoms with E-state index in [1.54, 1.807) is 21.6 Å². The second kappa shape index (κ2) is 10.2. The lowest BCUT2D eigenvalue weighted by molar-refractivity contribution is -0.154. The van der Waals surface area contributed by atoms with Gasteiger partial charge in [0.25, 0.3) is 5.91 Å². The number of carbonyl (C=O) groups is 3. The number of rotatable bonds is 4. The first-order chi connectivity index (χ1) is 18.2. The number of anilines is 1. The number of aryl methyl sites for hydroxylation is 2. The van der Waals surface area contributed by atoms with Gasteiger partial charge >= 0.3 is 5.97 Å². The van der Waals surface area contributed by atoms with Gasteiger partial charge in [0.2, 0.25) is 5.91 Å². The fourth-order valence-corrected chi connectivity index (χ4v) is 8.91. The number of carbonyl (C=O) groups excluding carboxylic acids is 3. The molecule has 0 saturated carbocycles. The number of hydrogen-bond acceptors (Lipinski definition) is 6. The van der Waals surface area contributed by atoms with Crippen LogP contribution in [0.5, 0.6) is 0 Å². The monoisotopic (exact) mass is 538 g/mol. The van der Waals surface area contributed by atoms with Crippen molar-refractivity contribution in [1.82, 2.24) is 4.90 Å². The lowest BCUT2D eigenvalue weighted by Crippen LogP contribution is -2.57. The molecule has 4 aliphatic rings. The van der Waals surface area contributed by atoms with E-state index >= 15 is 0 Å². The van der Waals surface area contributed by atoms with Crippen molar-refractivity contribution < 1.29 is 24.2 Å². The van der Waals surface area contributed by atoms with Crippen LogP contribution in [0, 0.1) is 25.7 Å². The number of aliphatic hydroxyl groups is 1. The lowest BCUT2D eigenvalue weighted by atomic mass is 9.74. The highest BCUT2D eigenvalue weighted by Gasteiger charge is 2.74. The Bertz CT molecular complexity index is 1190. The Labute approximate surface area is 229 Å². The Hall–Kier alpha value is -2.58. The van der Waals surface area contributed by atoms with Crippen LogP contribution in [-0.2, 0) is 19.1 Å². The number of fused-ring (bicyclic) bond motifs is 2. The smallest absolute Gasteiger partial charge is 0.311 e. The van der Waals surface area contributed by atoms with Crippen molar-refractivity contribution in [2.75, 3.05) is 24.7 Å². The van der Waals surface area contributed by atoms with E-state index in [0.29, 0.717) is 19.6 Å². The molecule has 5 rings (SSSR count). The summed E-state index contributed by atoms with van der Waals surface area (Å²) in [7, 11) is 0. The summed E-state index contributed by atoms with van der Waals surface area (Å²) in [5.74, 6) is -2.30. The molecule has 1 aromatic carbocycles. The van der Waals surface area contributed by atoms with Crippen LogP contribution in [0.2, 0.25) is 0 Å². The van der Waals surface area contributed by atoms with Gasteiger partial charge in [-0.1, -0.05) is 43.4 Å². The minimum absolute atomic E-state index is 0.177. The zero-order valence-electron chi connectivity index (χ0n) is 22.7. The SMILES string of the molecule is CC[C@@H](CO)N1C(=O)[C@@H]2[C@@H]3C(=O)OCCCC/C=C\[C@]3(C)S[C@@]23C=CCN(c2cc(C)ccc2C)C(=O)C13. The van der Waals surface area contributed by atoms with E-state index in [-0.39, 0.29) is 24.4 Å². The van der Waals surface area contributed by atoms with Crippen molar-refractivity contribution in [2.45, 2.75) is 75.0 Å². The zero-order chi connectivity index (χ0) is 27.2. The van der Waals surface area contributed by atoms with Crippen molar-refractivity contribution in [2.24, 2.45) is 11.8 Å². The molecular weight excluding hydrogens is 500 g/mol. The number of allylic oxidation sites excluding steroid dienone is 1. The molecule has 7 nitrogen and oxygen atoms in total. The molecule has 4 aliphatic heterocycles. The van der Waals surface area contributed by atoms with Gasteiger partial charge in [-0.15, -0.1) is 11.8 Å². The van der Waals surface area contributed by atoms with Gasteiger partial charge in [-0.3, -0.25) is 14.4 Å². The second-order valence-corrected chi connectivity index (χ2v) is 13.0. The van der Waals surface area contributed by atoms with Gasteiger partial charge in [-0.25, -0.2) is 0 Å². The summed E-state index contributed by atoms with van der Waals surface area (Å²) in [6.45, 7) is 8.33. The quantitative estimate of drug-likeness (QED) is 0.462. The van der Waals surface area contributed by atoms with E-state index < -0.39 is 33.4 Å². The van der Waals surface area contributed by atoms with E-state index in [1.165, 1.54) is 0 Å². The summed E-state index contributed by atoms with van der Waals surface area (Å²) in [6, 6.07) is 4.66. The van der Waals surface area contributed by atoms with Crippen LogP contribution in [0.4, 0.5) is 5.69 Å². The van der Waals surface area contributed by atoms with Crippen molar-refractivity contribution in [1.29, 1.82) is 0 Å². The molecule has 204 valence electrons. The average Bonchev–Trinajstić information content (AvgIpc) is 3.22. The van der Waals surface area contributed by atoms with Crippen LogP contribution in [0.15, 0.2) is 42.5 Å². The van der Waals surface area contributed by atoms with E-state index in [9.17, 15) is 19.5 Å². The Balaban J connectivity index is 1.69. The van der Waals surface area contributed by atoms with Gasteiger partial charge in [0, 0.05) is 17.0 Å².